The second-order valence-electron chi connectivity index (χ2n) is 5.44. The van der Waals surface area contributed by atoms with Crippen molar-refractivity contribution in [3.8, 4) is 0 Å². The molecule has 18 heavy (non-hydrogen) atoms. The summed E-state index contributed by atoms with van der Waals surface area (Å²) in [4.78, 5) is 0. The minimum absolute atomic E-state index is 0.327. The number of aliphatic hydroxyl groups excluding tert-OH is 1. The highest BCUT2D eigenvalue weighted by Crippen LogP contribution is 2.25. The average molecular weight is 248 g/mol. The van der Waals surface area contributed by atoms with Gasteiger partial charge in [-0.25, -0.2) is 0 Å². The summed E-state index contributed by atoms with van der Waals surface area (Å²) in [7, 11) is 0. The molecule has 0 radical (unpaired) electrons. The van der Waals surface area contributed by atoms with Gasteiger partial charge in [0.05, 0.1) is 12.2 Å². The largest absolute Gasteiger partial charge is 0.388 e. The summed E-state index contributed by atoms with van der Waals surface area (Å²) in [6.45, 7) is 5.06. The summed E-state index contributed by atoms with van der Waals surface area (Å²) in [6, 6.07) is 6.29. The lowest BCUT2D eigenvalue weighted by Crippen LogP contribution is -2.06. The number of aliphatic hydroxyl groups is 1. The first-order chi connectivity index (χ1) is 8.66. The molecule has 2 nitrogen and oxygen atoms in total. The van der Waals surface area contributed by atoms with Crippen molar-refractivity contribution in [1.29, 1.82) is 0 Å². The highest BCUT2D eigenvalue weighted by Gasteiger charge is 2.16. The molecule has 0 amide bonds. The van der Waals surface area contributed by atoms with Crippen LogP contribution >= 0.6 is 0 Å². The lowest BCUT2D eigenvalue weighted by molar-refractivity contribution is 0.0944. The molecule has 1 aromatic carbocycles. The van der Waals surface area contributed by atoms with Crippen LogP contribution in [0.5, 0.6) is 0 Å². The number of rotatable bonds is 5. The van der Waals surface area contributed by atoms with E-state index in [1.165, 1.54) is 24.0 Å². The molecule has 0 bridgehead atoms. The highest BCUT2D eigenvalue weighted by atomic mass is 16.5. The Morgan fingerprint density at radius 2 is 2.22 bits per heavy atom. The van der Waals surface area contributed by atoms with Crippen molar-refractivity contribution in [3.05, 3.63) is 34.9 Å². The van der Waals surface area contributed by atoms with Gasteiger partial charge in [0, 0.05) is 6.61 Å². The van der Waals surface area contributed by atoms with Crippen LogP contribution in [0.1, 0.15) is 54.9 Å². The van der Waals surface area contributed by atoms with E-state index in [2.05, 4.69) is 32.0 Å². The molecule has 0 aliphatic carbocycles. The van der Waals surface area contributed by atoms with Crippen LogP contribution in [0.25, 0.3) is 0 Å². The molecule has 0 saturated carbocycles. The van der Waals surface area contributed by atoms with Crippen molar-refractivity contribution in [2.75, 3.05) is 6.61 Å². The third kappa shape index (κ3) is 3.56. The van der Waals surface area contributed by atoms with Crippen LogP contribution in [-0.2, 0) is 4.74 Å². The van der Waals surface area contributed by atoms with E-state index in [9.17, 15) is 5.11 Å². The molecule has 1 heterocycles. The molecule has 1 aliphatic heterocycles. The summed E-state index contributed by atoms with van der Waals surface area (Å²) in [6.07, 6.45) is 5.47. The summed E-state index contributed by atoms with van der Waals surface area (Å²) >= 11 is 0. The molecule has 0 aromatic heterocycles. The van der Waals surface area contributed by atoms with Gasteiger partial charge in [0.15, 0.2) is 0 Å². The molecular weight excluding hydrogens is 224 g/mol. The fourth-order valence-electron chi connectivity index (χ4n) is 2.69. The normalized spacial score (nSPS) is 21.2. The van der Waals surface area contributed by atoms with Crippen LogP contribution in [-0.4, -0.2) is 17.8 Å². The van der Waals surface area contributed by atoms with Crippen LogP contribution < -0.4 is 0 Å². The van der Waals surface area contributed by atoms with E-state index in [0.717, 1.165) is 31.4 Å². The van der Waals surface area contributed by atoms with E-state index in [1.54, 1.807) is 0 Å². The van der Waals surface area contributed by atoms with Crippen LogP contribution in [0.2, 0.25) is 0 Å². The maximum absolute atomic E-state index is 10.3. The second-order valence-corrected chi connectivity index (χ2v) is 5.44. The van der Waals surface area contributed by atoms with Crippen molar-refractivity contribution in [2.45, 2.75) is 58.2 Å². The fraction of sp³-hybridized carbons (Fsp3) is 0.625. The zero-order valence-electron chi connectivity index (χ0n) is 11.5. The standard InChI is InChI=1S/C16H24O2/c1-12-8-9-13(2)15(11-12)16(17)7-3-5-14-6-4-10-18-14/h8-9,11,14,16-17H,3-7,10H2,1-2H3. The number of hydrogen-bond donors (Lipinski definition) is 1. The van der Waals surface area contributed by atoms with E-state index in [4.69, 9.17) is 4.74 Å². The third-order valence-corrected chi connectivity index (χ3v) is 3.82. The first kappa shape index (κ1) is 13.6. The Morgan fingerprint density at radius 3 is 2.94 bits per heavy atom. The van der Waals surface area contributed by atoms with Gasteiger partial charge in [-0.05, 0) is 57.1 Å². The predicted octanol–water partition coefficient (Wildman–Crippen LogP) is 3.69. The van der Waals surface area contributed by atoms with E-state index < -0.39 is 0 Å². The topological polar surface area (TPSA) is 29.5 Å². The first-order valence-electron chi connectivity index (χ1n) is 7.03. The molecule has 1 aromatic rings. The van der Waals surface area contributed by atoms with Crippen molar-refractivity contribution in [1.82, 2.24) is 0 Å². The molecular formula is C16H24O2. The van der Waals surface area contributed by atoms with Gasteiger partial charge in [-0.3, -0.25) is 0 Å². The number of benzene rings is 1. The van der Waals surface area contributed by atoms with Crippen molar-refractivity contribution in [2.24, 2.45) is 0 Å². The van der Waals surface area contributed by atoms with E-state index >= 15 is 0 Å². The molecule has 2 atom stereocenters. The number of hydrogen-bond acceptors (Lipinski definition) is 2. The molecule has 1 N–H and O–H groups in total. The van der Waals surface area contributed by atoms with Gasteiger partial charge in [-0.2, -0.15) is 0 Å². The quantitative estimate of drug-likeness (QED) is 0.861. The Balaban J connectivity index is 1.83. The Hall–Kier alpha value is -0.860. The monoisotopic (exact) mass is 248 g/mol. The second kappa shape index (κ2) is 6.35. The number of ether oxygens (including phenoxy) is 1. The summed E-state index contributed by atoms with van der Waals surface area (Å²) in [5.41, 5.74) is 3.49. The third-order valence-electron chi connectivity index (χ3n) is 3.82. The van der Waals surface area contributed by atoms with Crippen LogP contribution in [0.15, 0.2) is 18.2 Å². The van der Waals surface area contributed by atoms with Gasteiger partial charge < -0.3 is 9.84 Å². The summed E-state index contributed by atoms with van der Waals surface area (Å²) in [5.74, 6) is 0. The first-order valence-corrected chi connectivity index (χ1v) is 7.03. The van der Waals surface area contributed by atoms with E-state index in [0.29, 0.717) is 6.10 Å². The molecule has 1 aliphatic rings. The fourth-order valence-corrected chi connectivity index (χ4v) is 2.69. The summed E-state index contributed by atoms with van der Waals surface area (Å²) < 4.78 is 5.60. The molecule has 2 heteroatoms. The predicted molar refractivity (Wildman–Crippen MR) is 73.7 cm³/mol. The van der Waals surface area contributed by atoms with Gasteiger partial charge in [-0.1, -0.05) is 23.8 Å². The zero-order chi connectivity index (χ0) is 13.0. The van der Waals surface area contributed by atoms with Gasteiger partial charge in [0.1, 0.15) is 0 Å². The highest BCUT2D eigenvalue weighted by molar-refractivity contribution is 5.32. The van der Waals surface area contributed by atoms with Crippen molar-refractivity contribution < 1.29 is 9.84 Å². The Labute approximate surface area is 110 Å². The lowest BCUT2D eigenvalue weighted by atomic mass is 9.96. The lowest BCUT2D eigenvalue weighted by Gasteiger charge is -2.15. The molecule has 1 fully saturated rings. The minimum atomic E-state index is -0.327. The molecule has 2 unspecified atom stereocenters. The van der Waals surface area contributed by atoms with Crippen LogP contribution in [0, 0.1) is 13.8 Å². The SMILES string of the molecule is Cc1ccc(C)c(C(O)CCCC2CCCO2)c1. The maximum Gasteiger partial charge on any atom is 0.0792 e. The van der Waals surface area contributed by atoms with Gasteiger partial charge in [-0.15, -0.1) is 0 Å². The maximum atomic E-state index is 10.3. The van der Waals surface area contributed by atoms with Crippen molar-refractivity contribution in [3.63, 3.8) is 0 Å². The molecule has 100 valence electrons. The van der Waals surface area contributed by atoms with Gasteiger partial charge in [0.2, 0.25) is 0 Å². The van der Waals surface area contributed by atoms with Gasteiger partial charge in [0.25, 0.3) is 0 Å². The Morgan fingerprint density at radius 1 is 1.39 bits per heavy atom. The molecule has 1 saturated heterocycles. The number of aryl methyl sites for hydroxylation is 2. The van der Waals surface area contributed by atoms with E-state index in [-0.39, 0.29) is 6.10 Å². The van der Waals surface area contributed by atoms with Crippen molar-refractivity contribution >= 4 is 0 Å². The van der Waals surface area contributed by atoms with E-state index in [1.807, 2.05) is 0 Å². The van der Waals surface area contributed by atoms with Gasteiger partial charge >= 0.3 is 0 Å². The zero-order valence-corrected chi connectivity index (χ0v) is 11.5. The summed E-state index contributed by atoms with van der Waals surface area (Å²) in [5, 5.41) is 10.3. The Bertz CT molecular complexity index is 381. The molecule has 0 spiro atoms. The molecule has 2 rings (SSSR count). The van der Waals surface area contributed by atoms with Crippen LogP contribution in [0.3, 0.4) is 0 Å². The smallest absolute Gasteiger partial charge is 0.0792 e. The average Bonchev–Trinajstić information content (AvgIpc) is 2.85. The van der Waals surface area contributed by atoms with Crippen LogP contribution in [0.4, 0.5) is 0 Å². The minimum Gasteiger partial charge on any atom is -0.388 e. The Kier molecular flexibility index (Phi) is 4.79.